The minimum Gasteiger partial charge on any atom is -0.482 e. The molecule has 0 unspecified atom stereocenters. The van der Waals surface area contributed by atoms with Gasteiger partial charge in [0.1, 0.15) is 11.6 Å². The van der Waals surface area contributed by atoms with E-state index in [9.17, 15) is 14.0 Å². The highest BCUT2D eigenvalue weighted by molar-refractivity contribution is 6.31. The molecule has 0 aliphatic carbocycles. The number of anilines is 1. The lowest BCUT2D eigenvalue weighted by Crippen LogP contribution is -2.50. The van der Waals surface area contributed by atoms with E-state index in [1.807, 2.05) is 17.0 Å². The maximum atomic E-state index is 13.5. The molecule has 0 atom stereocenters. The van der Waals surface area contributed by atoms with Crippen LogP contribution in [-0.2, 0) is 16.0 Å². The molecule has 0 bridgehead atoms. The van der Waals surface area contributed by atoms with Crippen molar-refractivity contribution in [2.45, 2.75) is 46.0 Å². The molecule has 1 aliphatic heterocycles. The van der Waals surface area contributed by atoms with E-state index in [0.29, 0.717) is 36.0 Å². The largest absolute Gasteiger partial charge is 0.482 e. The highest BCUT2D eigenvalue weighted by Gasteiger charge is 2.37. The lowest BCUT2D eigenvalue weighted by Gasteiger charge is -2.45. The zero-order chi connectivity index (χ0) is 26.0. The van der Waals surface area contributed by atoms with E-state index < -0.39 is 0 Å². The average molecular weight is 518 g/mol. The van der Waals surface area contributed by atoms with Crippen molar-refractivity contribution in [2.24, 2.45) is 5.41 Å². The highest BCUT2D eigenvalue weighted by Crippen LogP contribution is 2.37. The number of rotatable bonds is 13. The molecule has 1 N–H and O–H groups in total. The number of nitrogens with zero attached hydrogens (tertiary/aromatic N) is 2. The molecule has 36 heavy (non-hydrogen) atoms. The molecule has 8 heteroatoms. The Labute approximate surface area is 218 Å². The summed E-state index contributed by atoms with van der Waals surface area (Å²) in [6, 6.07) is 11.7. The number of hydrogen-bond donors (Lipinski definition) is 1. The zero-order valence-electron chi connectivity index (χ0n) is 21.3. The number of ether oxygens (including phenoxy) is 1. The van der Waals surface area contributed by atoms with Crippen LogP contribution in [0.25, 0.3) is 0 Å². The predicted octanol–water partition coefficient (Wildman–Crippen LogP) is 5.40. The van der Waals surface area contributed by atoms with E-state index in [2.05, 4.69) is 24.1 Å². The van der Waals surface area contributed by atoms with Crippen molar-refractivity contribution < 1.29 is 18.7 Å². The molecule has 2 aromatic rings. The van der Waals surface area contributed by atoms with Crippen molar-refractivity contribution in [1.29, 1.82) is 0 Å². The summed E-state index contributed by atoms with van der Waals surface area (Å²) in [6.45, 7) is 8.65. The van der Waals surface area contributed by atoms with E-state index in [0.717, 1.165) is 57.3 Å². The van der Waals surface area contributed by atoms with Crippen LogP contribution in [0.3, 0.4) is 0 Å². The zero-order valence-corrected chi connectivity index (χ0v) is 22.0. The summed E-state index contributed by atoms with van der Waals surface area (Å²) in [5, 5.41) is 3.02. The summed E-state index contributed by atoms with van der Waals surface area (Å²) in [6.07, 6.45) is 5.35. The molecule has 1 aliphatic rings. The van der Waals surface area contributed by atoms with Gasteiger partial charge < -0.3 is 19.9 Å². The smallest absolute Gasteiger partial charge is 0.260 e. The predicted molar refractivity (Wildman–Crippen MR) is 142 cm³/mol. The van der Waals surface area contributed by atoms with Gasteiger partial charge in [-0.05, 0) is 86.5 Å². The lowest BCUT2D eigenvalue weighted by molar-refractivity contribution is -0.136. The summed E-state index contributed by atoms with van der Waals surface area (Å²) >= 11 is 6.00. The van der Waals surface area contributed by atoms with Crippen molar-refractivity contribution in [3.05, 3.63) is 58.9 Å². The Morgan fingerprint density at radius 3 is 2.42 bits per heavy atom. The second-order valence-corrected chi connectivity index (χ2v) is 10.1. The Morgan fingerprint density at radius 2 is 1.81 bits per heavy atom. The van der Waals surface area contributed by atoms with Crippen LogP contribution >= 0.6 is 11.6 Å². The summed E-state index contributed by atoms with van der Waals surface area (Å²) in [5.41, 5.74) is 1.58. The van der Waals surface area contributed by atoms with Crippen molar-refractivity contribution in [3.63, 3.8) is 0 Å². The SMILES string of the molecule is CCCN(CCC)CC1(Cc2ccc(F)cc2)CCN(C(=O)COc2ccc(Cl)cc2NC=O)CC1. The molecular weight excluding hydrogens is 481 g/mol. The fourth-order valence-electron chi connectivity index (χ4n) is 5.07. The Morgan fingerprint density at radius 1 is 1.14 bits per heavy atom. The van der Waals surface area contributed by atoms with E-state index in [4.69, 9.17) is 16.3 Å². The van der Waals surface area contributed by atoms with Crippen molar-refractivity contribution in [3.8, 4) is 5.75 Å². The summed E-state index contributed by atoms with van der Waals surface area (Å²) < 4.78 is 19.2. The van der Waals surface area contributed by atoms with Gasteiger partial charge >= 0.3 is 0 Å². The normalized spacial score (nSPS) is 15.1. The van der Waals surface area contributed by atoms with Gasteiger partial charge in [-0.2, -0.15) is 0 Å². The van der Waals surface area contributed by atoms with Gasteiger partial charge in [-0.25, -0.2) is 4.39 Å². The van der Waals surface area contributed by atoms with Gasteiger partial charge in [0, 0.05) is 24.7 Å². The van der Waals surface area contributed by atoms with Crippen LogP contribution in [0, 0.1) is 11.2 Å². The number of hydrogen-bond acceptors (Lipinski definition) is 4. The molecule has 0 aromatic heterocycles. The first-order valence-electron chi connectivity index (χ1n) is 12.7. The van der Waals surface area contributed by atoms with Crippen LogP contribution in [-0.4, -0.2) is 61.4 Å². The van der Waals surface area contributed by atoms with Gasteiger partial charge in [-0.15, -0.1) is 0 Å². The molecule has 1 heterocycles. The molecule has 0 radical (unpaired) electrons. The maximum Gasteiger partial charge on any atom is 0.260 e. The van der Waals surface area contributed by atoms with Crippen molar-refractivity contribution in [2.75, 3.05) is 44.6 Å². The second kappa shape index (κ2) is 13.6. The van der Waals surface area contributed by atoms with Crippen LogP contribution < -0.4 is 10.1 Å². The van der Waals surface area contributed by atoms with Gasteiger partial charge in [-0.3, -0.25) is 9.59 Å². The van der Waals surface area contributed by atoms with Gasteiger partial charge in [-0.1, -0.05) is 37.6 Å². The number of nitrogens with one attached hydrogen (secondary N) is 1. The molecular formula is C28H37ClFN3O3. The van der Waals surface area contributed by atoms with Crippen LogP contribution in [0.15, 0.2) is 42.5 Å². The number of amides is 2. The molecule has 0 saturated carbocycles. The molecule has 1 saturated heterocycles. The number of likely N-dealkylation sites (tertiary alicyclic amines) is 1. The maximum absolute atomic E-state index is 13.5. The molecule has 6 nitrogen and oxygen atoms in total. The number of carbonyl (C=O) groups excluding carboxylic acids is 2. The summed E-state index contributed by atoms with van der Waals surface area (Å²) in [7, 11) is 0. The molecule has 2 aromatic carbocycles. The number of benzene rings is 2. The first-order valence-corrected chi connectivity index (χ1v) is 13.1. The van der Waals surface area contributed by atoms with Gasteiger partial charge in [0.25, 0.3) is 5.91 Å². The molecule has 3 rings (SSSR count). The van der Waals surface area contributed by atoms with Crippen LogP contribution in [0.5, 0.6) is 5.75 Å². The third-order valence-corrected chi connectivity index (χ3v) is 7.05. The molecule has 196 valence electrons. The second-order valence-electron chi connectivity index (χ2n) is 9.65. The van der Waals surface area contributed by atoms with E-state index in [1.165, 1.54) is 12.1 Å². The van der Waals surface area contributed by atoms with Crippen LogP contribution in [0.2, 0.25) is 5.02 Å². The Kier molecular flexibility index (Phi) is 10.6. The minimum absolute atomic E-state index is 0.0248. The monoisotopic (exact) mass is 517 g/mol. The fraction of sp³-hybridized carbons (Fsp3) is 0.500. The van der Waals surface area contributed by atoms with E-state index >= 15 is 0 Å². The third-order valence-electron chi connectivity index (χ3n) is 6.82. The van der Waals surface area contributed by atoms with E-state index in [-0.39, 0.29) is 23.7 Å². The summed E-state index contributed by atoms with van der Waals surface area (Å²) in [4.78, 5) is 28.2. The highest BCUT2D eigenvalue weighted by atomic mass is 35.5. The quantitative estimate of drug-likeness (QED) is 0.361. The molecule has 2 amide bonds. The molecule has 1 fully saturated rings. The van der Waals surface area contributed by atoms with Crippen LogP contribution in [0.1, 0.15) is 45.1 Å². The van der Waals surface area contributed by atoms with Crippen LogP contribution in [0.4, 0.5) is 10.1 Å². The number of halogens is 2. The van der Waals surface area contributed by atoms with Crippen molar-refractivity contribution in [1.82, 2.24) is 9.80 Å². The molecule has 0 spiro atoms. The first-order chi connectivity index (χ1) is 17.4. The number of carbonyl (C=O) groups is 2. The Balaban J connectivity index is 1.66. The summed E-state index contributed by atoms with van der Waals surface area (Å²) in [5.74, 6) is 0.0904. The Bertz CT molecular complexity index is 988. The average Bonchev–Trinajstić information content (AvgIpc) is 2.86. The topological polar surface area (TPSA) is 61.9 Å². The van der Waals surface area contributed by atoms with Gasteiger partial charge in [0.15, 0.2) is 6.61 Å². The van der Waals surface area contributed by atoms with Gasteiger partial charge in [0.05, 0.1) is 5.69 Å². The van der Waals surface area contributed by atoms with Gasteiger partial charge in [0.2, 0.25) is 6.41 Å². The fourth-order valence-corrected chi connectivity index (χ4v) is 5.24. The lowest BCUT2D eigenvalue weighted by atomic mass is 9.73. The Hall–Kier alpha value is -2.64. The van der Waals surface area contributed by atoms with Crippen molar-refractivity contribution >= 4 is 29.6 Å². The minimum atomic E-state index is -0.223. The van der Waals surface area contributed by atoms with E-state index in [1.54, 1.807) is 18.2 Å². The number of piperidine rings is 1. The first kappa shape index (κ1) is 27.9. The standard InChI is InChI=1S/C28H37ClFN3O3/c1-3-13-32(14-4-2)20-28(18-22-5-8-24(30)9-6-22)11-15-33(16-12-28)27(35)19-36-26-10-7-23(29)17-25(26)31-21-34/h5-10,17,21H,3-4,11-16,18-20H2,1-2H3,(H,31,34). The third kappa shape index (κ3) is 7.93.